The van der Waals surface area contributed by atoms with Crippen molar-refractivity contribution in [3.05, 3.63) is 71.7 Å². The number of ether oxygens (including phenoxy) is 2. The third kappa shape index (κ3) is 4.08. The third-order valence-electron chi connectivity index (χ3n) is 4.59. The first-order valence-corrected chi connectivity index (χ1v) is 9.31. The number of nitrogens with zero attached hydrogens (tertiary/aromatic N) is 4. The van der Waals surface area contributed by atoms with Crippen LogP contribution >= 0.6 is 0 Å². The second-order valence-corrected chi connectivity index (χ2v) is 6.58. The normalized spacial score (nSPS) is 13.3. The minimum absolute atomic E-state index is 0.136. The van der Waals surface area contributed by atoms with Crippen LogP contribution in [0.3, 0.4) is 0 Å². The van der Waals surface area contributed by atoms with E-state index in [0.717, 1.165) is 5.56 Å². The zero-order valence-corrected chi connectivity index (χ0v) is 17.2. The molecule has 3 rings (SSSR count). The van der Waals surface area contributed by atoms with Crippen molar-refractivity contribution >= 4 is 5.91 Å². The Morgan fingerprint density at radius 1 is 1.37 bits per heavy atom. The van der Waals surface area contributed by atoms with Gasteiger partial charge in [0.25, 0.3) is 11.8 Å². The van der Waals surface area contributed by atoms with E-state index in [1.165, 1.54) is 7.11 Å². The maximum absolute atomic E-state index is 13.0. The van der Waals surface area contributed by atoms with Gasteiger partial charge >= 0.3 is 0 Å². The summed E-state index contributed by atoms with van der Waals surface area (Å²) in [7, 11) is 3.07. The van der Waals surface area contributed by atoms with Gasteiger partial charge in [0.15, 0.2) is 5.75 Å². The largest absolute Gasteiger partial charge is 0.491 e. The van der Waals surface area contributed by atoms with Crippen molar-refractivity contribution in [2.75, 3.05) is 14.2 Å². The van der Waals surface area contributed by atoms with Crippen LogP contribution in [0, 0.1) is 11.3 Å². The van der Waals surface area contributed by atoms with Gasteiger partial charge in [-0.05, 0) is 42.8 Å². The summed E-state index contributed by atoms with van der Waals surface area (Å²) in [6.45, 7) is 6.08. The van der Waals surface area contributed by atoms with Gasteiger partial charge in [0.2, 0.25) is 0 Å². The average molecular weight is 402 g/mol. The molecule has 0 saturated carbocycles. The molecule has 2 aromatic rings. The Morgan fingerprint density at radius 2 is 2.17 bits per heavy atom. The van der Waals surface area contributed by atoms with Crippen molar-refractivity contribution in [3.8, 4) is 29.0 Å². The molecule has 0 fully saturated rings. The second kappa shape index (κ2) is 9.05. The summed E-state index contributed by atoms with van der Waals surface area (Å²) in [6, 6.07) is 7.43. The Bertz CT molecular complexity index is 1100. The molecule has 1 aliphatic heterocycles. The van der Waals surface area contributed by atoms with E-state index in [1.807, 2.05) is 19.1 Å². The highest BCUT2D eigenvalue weighted by atomic mass is 16.5. The summed E-state index contributed by atoms with van der Waals surface area (Å²) in [5.41, 5.74) is 3.98. The first-order valence-electron chi connectivity index (χ1n) is 9.31. The van der Waals surface area contributed by atoms with Gasteiger partial charge in [-0.1, -0.05) is 12.7 Å². The molecule has 0 aliphatic carbocycles. The zero-order valence-electron chi connectivity index (χ0n) is 17.2. The van der Waals surface area contributed by atoms with Gasteiger partial charge in [-0.15, -0.1) is 0 Å². The molecule has 2 aromatic heterocycles. The molecule has 0 bridgehead atoms. The molecule has 0 N–H and O–H groups in total. The molecule has 0 aromatic carbocycles. The SMILES string of the molecule is C=C(/C=C(\C=C/C)N1Cc2nc(-c3cnc(OC)c(OC)c3)ccc2C1=O)CC#N. The molecule has 7 heteroatoms. The minimum Gasteiger partial charge on any atom is -0.491 e. The molecule has 30 heavy (non-hydrogen) atoms. The summed E-state index contributed by atoms with van der Waals surface area (Å²) >= 11 is 0. The molecular formula is C23H22N4O3. The van der Waals surface area contributed by atoms with Crippen LogP contribution in [0.5, 0.6) is 11.6 Å². The van der Waals surface area contributed by atoms with E-state index in [0.29, 0.717) is 46.4 Å². The molecule has 3 heterocycles. The van der Waals surface area contributed by atoms with Crippen molar-refractivity contribution in [3.63, 3.8) is 0 Å². The molecule has 0 saturated heterocycles. The van der Waals surface area contributed by atoms with Gasteiger partial charge in [-0.25, -0.2) is 4.98 Å². The number of nitriles is 1. The molecule has 152 valence electrons. The molecule has 1 aliphatic rings. The number of methoxy groups -OCH3 is 2. The third-order valence-corrected chi connectivity index (χ3v) is 4.59. The Labute approximate surface area is 175 Å². The fraction of sp³-hybridized carbons (Fsp3) is 0.217. The van der Waals surface area contributed by atoms with E-state index in [4.69, 9.17) is 14.7 Å². The zero-order chi connectivity index (χ0) is 21.7. The quantitative estimate of drug-likeness (QED) is 0.649. The van der Waals surface area contributed by atoms with Gasteiger partial charge in [0, 0.05) is 17.5 Å². The first kappa shape index (κ1) is 20.8. The molecule has 0 unspecified atom stereocenters. The second-order valence-electron chi connectivity index (χ2n) is 6.58. The summed E-state index contributed by atoms with van der Waals surface area (Å²) in [5, 5.41) is 8.88. The van der Waals surface area contributed by atoms with E-state index < -0.39 is 0 Å². The summed E-state index contributed by atoms with van der Waals surface area (Å²) < 4.78 is 10.5. The van der Waals surface area contributed by atoms with Crippen LogP contribution in [-0.4, -0.2) is 35.0 Å². The topological polar surface area (TPSA) is 88.3 Å². The Balaban J connectivity index is 1.94. The predicted molar refractivity (Wildman–Crippen MR) is 113 cm³/mol. The molecule has 0 atom stereocenters. The number of fused-ring (bicyclic) bond motifs is 1. The summed E-state index contributed by atoms with van der Waals surface area (Å²) in [5.74, 6) is 0.760. The van der Waals surface area contributed by atoms with Gasteiger partial charge in [0.1, 0.15) is 0 Å². The van der Waals surface area contributed by atoms with Gasteiger partial charge in [-0.2, -0.15) is 5.26 Å². The number of pyridine rings is 2. The lowest BCUT2D eigenvalue weighted by atomic mass is 10.1. The van der Waals surface area contributed by atoms with Crippen LogP contribution in [0.25, 0.3) is 11.3 Å². The summed E-state index contributed by atoms with van der Waals surface area (Å²) in [6.07, 6.45) is 7.28. The van der Waals surface area contributed by atoms with Crippen molar-refractivity contribution in [1.29, 1.82) is 5.26 Å². The molecular weight excluding hydrogens is 380 g/mol. The van der Waals surface area contributed by atoms with E-state index >= 15 is 0 Å². The summed E-state index contributed by atoms with van der Waals surface area (Å²) in [4.78, 5) is 23.5. The highest BCUT2D eigenvalue weighted by Gasteiger charge is 2.30. The highest BCUT2D eigenvalue weighted by Crippen LogP contribution is 2.32. The van der Waals surface area contributed by atoms with Crippen molar-refractivity contribution in [1.82, 2.24) is 14.9 Å². The smallest absolute Gasteiger partial charge is 0.260 e. The van der Waals surface area contributed by atoms with Gasteiger partial charge in [0.05, 0.1) is 50.2 Å². The van der Waals surface area contributed by atoms with Crippen molar-refractivity contribution in [2.24, 2.45) is 0 Å². The lowest BCUT2D eigenvalue weighted by Crippen LogP contribution is -2.22. The Hall–Kier alpha value is -3.92. The van der Waals surface area contributed by atoms with Gasteiger partial charge < -0.3 is 14.4 Å². The highest BCUT2D eigenvalue weighted by molar-refractivity contribution is 5.99. The monoisotopic (exact) mass is 402 g/mol. The standard InChI is InChI=1S/C23H22N4O3/c1-5-6-17(11-15(2)9-10-24)27-14-20-18(23(27)28)7-8-19(26-20)16-12-21(29-3)22(30-4)25-13-16/h5-8,11-13H,2,9,14H2,1,3-4H3/b6-5-,17-11+. The van der Waals surface area contributed by atoms with E-state index in [9.17, 15) is 4.79 Å². The van der Waals surface area contributed by atoms with Crippen LogP contribution in [-0.2, 0) is 6.54 Å². The number of allylic oxidation sites excluding steroid dienone is 4. The number of carbonyl (C=O) groups is 1. The van der Waals surface area contributed by atoms with Crippen molar-refractivity contribution < 1.29 is 14.3 Å². The molecule has 1 amide bonds. The Morgan fingerprint density at radius 3 is 2.83 bits per heavy atom. The number of aromatic nitrogens is 2. The minimum atomic E-state index is -0.136. The number of hydrogen-bond acceptors (Lipinski definition) is 6. The van der Waals surface area contributed by atoms with Crippen LogP contribution in [0.15, 0.2) is 60.5 Å². The molecule has 7 nitrogen and oxygen atoms in total. The van der Waals surface area contributed by atoms with Crippen LogP contribution in [0.4, 0.5) is 0 Å². The predicted octanol–water partition coefficient (Wildman–Crippen LogP) is 4.05. The number of rotatable bonds is 7. The average Bonchev–Trinajstić information content (AvgIpc) is 3.09. The van der Waals surface area contributed by atoms with E-state index in [1.54, 1.807) is 42.5 Å². The fourth-order valence-corrected chi connectivity index (χ4v) is 3.17. The number of hydrogen-bond donors (Lipinski definition) is 0. The first-order chi connectivity index (χ1) is 14.5. The van der Waals surface area contributed by atoms with Crippen LogP contribution in [0.1, 0.15) is 29.4 Å². The van der Waals surface area contributed by atoms with E-state index in [-0.39, 0.29) is 12.3 Å². The van der Waals surface area contributed by atoms with Crippen LogP contribution in [0.2, 0.25) is 0 Å². The maximum Gasteiger partial charge on any atom is 0.260 e. The number of carbonyl (C=O) groups excluding carboxylic acids is 1. The number of amides is 1. The Kier molecular flexibility index (Phi) is 6.28. The van der Waals surface area contributed by atoms with Crippen LogP contribution < -0.4 is 9.47 Å². The lowest BCUT2D eigenvalue weighted by molar-refractivity contribution is 0.0831. The van der Waals surface area contributed by atoms with E-state index in [2.05, 4.69) is 22.6 Å². The maximum atomic E-state index is 13.0. The fourth-order valence-electron chi connectivity index (χ4n) is 3.17. The molecule has 0 radical (unpaired) electrons. The van der Waals surface area contributed by atoms with Gasteiger partial charge in [-0.3, -0.25) is 9.78 Å². The lowest BCUT2D eigenvalue weighted by Gasteiger charge is -2.17. The molecule has 0 spiro atoms. The van der Waals surface area contributed by atoms with Crippen molar-refractivity contribution in [2.45, 2.75) is 19.9 Å².